The monoisotopic (exact) mass is 372 g/mol. The molecule has 0 saturated heterocycles. The van der Waals surface area contributed by atoms with Crippen LogP contribution in [0.5, 0.6) is 0 Å². The van der Waals surface area contributed by atoms with Crippen LogP contribution in [-0.4, -0.2) is 28.0 Å². The fraction of sp³-hybridized carbons (Fsp3) is 0.421. The molecule has 1 amide bonds. The van der Waals surface area contributed by atoms with E-state index in [4.69, 9.17) is 11.5 Å². The minimum atomic E-state index is -0.760. The van der Waals surface area contributed by atoms with E-state index in [1.165, 1.54) is 0 Å². The van der Waals surface area contributed by atoms with E-state index in [-0.39, 0.29) is 29.3 Å². The molecule has 0 radical (unpaired) electrons. The predicted molar refractivity (Wildman–Crippen MR) is 103 cm³/mol. The van der Waals surface area contributed by atoms with Crippen molar-refractivity contribution in [1.82, 2.24) is 9.97 Å². The summed E-state index contributed by atoms with van der Waals surface area (Å²) in [6.07, 6.45) is 8.03. The molecule has 0 aliphatic heterocycles. The fourth-order valence-electron chi connectivity index (χ4n) is 3.27. The highest BCUT2D eigenvalue weighted by atomic mass is 19.1. The van der Waals surface area contributed by atoms with E-state index in [2.05, 4.69) is 20.6 Å². The van der Waals surface area contributed by atoms with Gasteiger partial charge < -0.3 is 22.1 Å². The topological polar surface area (TPSA) is 119 Å². The molecule has 3 rings (SSSR count). The van der Waals surface area contributed by atoms with Gasteiger partial charge in [0.15, 0.2) is 11.6 Å². The lowest BCUT2D eigenvalue weighted by Gasteiger charge is -2.30. The van der Waals surface area contributed by atoms with Gasteiger partial charge in [-0.1, -0.05) is 19.8 Å². The van der Waals surface area contributed by atoms with Crippen LogP contribution < -0.4 is 22.1 Å². The summed E-state index contributed by atoms with van der Waals surface area (Å²) >= 11 is 0. The Kier molecular flexibility index (Phi) is 5.85. The van der Waals surface area contributed by atoms with Crippen LogP contribution in [0.25, 0.3) is 0 Å². The number of hydrogen-bond acceptors (Lipinski definition) is 6. The number of nitrogens with two attached hydrogens (primary N) is 2. The second-order valence-electron chi connectivity index (χ2n) is 6.84. The van der Waals surface area contributed by atoms with Crippen LogP contribution in [0.4, 0.5) is 21.7 Å². The van der Waals surface area contributed by atoms with Gasteiger partial charge in [0.2, 0.25) is 0 Å². The number of carbonyl (C=O) groups excluding carboxylic acids is 1. The summed E-state index contributed by atoms with van der Waals surface area (Å²) in [6.45, 7) is 2.02. The predicted octanol–water partition coefficient (Wildman–Crippen LogP) is 2.70. The number of aryl methyl sites for hydroxylation is 1. The molecule has 144 valence electrons. The number of primary amides is 1. The Balaban J connectivity index is 1.91. The van der Waals surface area contributed by atoms with Gasteiger partial charge in [-0.3, -0.25) is 9.78 Å². The molecule has 7 nitrogen and oxygen atoms in total. The lowest BCUT2D eigenvalue weighted by Crippen LogP contribution is -2.43. The van der Waals surface area contributed by atoms with Crippen molar-refractivity contribution in [2.75, 3.05) is 10.6 Å². The van der Waals surface area contributed by atoms with Crippen molar-refractivity contribution >= 4 is 23.2 Å². The minimum Gasteiger partial charge on any atom is -0.365 e. The number of aromatic nitrogens is 2. The van der Waals surface area contributed by atoms with Crippen LogP contribution in [0.2, 0.25) is 0 Å². The van der Waals surface area contributed by atoms with E-state index in [1.807, 2.05) is 13.0 Å². The molecule has 1 unspecified atom stereocenters. The van der Waals surface area contributed by atoms with Crippen LogP contribution in [0.15, 0.2) is 24.5 Å². The fourth-order valence-corrected chi connectivity index (χ4v) is 3.27. The first-order valence-corrected chi connectivity index (χ1v) is 9.21. The standard InChI is InChI=1S/C19H25FN6O/c1-2-11-7-12(10-23-9-11)24-18-13(17(22)27)8-14(20)19(26-18)25-16-6-4-3-5-15(16)21/h7-10,15-16H,2-6,21H2,1H3,(H2,22,27)(H2,24,25,26)/t15-,16?/m0/s1. The molecule has 2 aromatic heterocycles. The molecule has 8 heteroatoms. The van der Waals surface area contributed by atoms with Gasteiger partial charge >= 0.3 is 0 Å². The number of amides is 1. The molecular weight excluding hydrogens is 347 g/mol. The zero-order valence-corrected chi connectivity index (χ0v) is 15.3. The van der Waals surface area contributed by atoms with Crippen LogP contribution in [0.3, 0.4) is 0 Å². The number of carbonyl (C=O) groups is 1. The summed E-state index contributed by atoms with van der Waals surface area (Å²) in [6, 6.07) is 2.88. The Hall–Kier alpha value is -2.74. The first-order valence-electron chi connectivity index (χ1n) is 9.21. The van der Waals surface area contributed by atoms with E-state index in [0.29, 0.717) is 5.69 Å². The van der Waals surface area contributed by atoms with Gasteiger partial charge in [-0.25, -0.2) is 9.37 Å². The van der Waals surface area contributed by atoms with Gasteiger partial charge in [0, 0.05) is 18.3 Å². The highest BCUT2D eigenvalue weighted by Crippen LogP contribution is 2.26. The summed E-state index contributed by atoms with van der Waals surface area (Å²) in [5.41, 5.74) is 13.2. The molecule has 2 heterocycles. The molecule has 0 bridgehead atoms. The third-order valence-corrected chi connectivity index (χ3v) is 4.85. The van der Waals surface area contributed by atoms with Gasteiger partial charge in [-0.15, -0.1) is 0 Å². The molecule has 0 aromatic carbocycles. The van der Waals surface area contributed by atoms with E-state index < -0.39 is 11.7 Å². The maximum absolute atomic E-state index is 14.5. The summed E-state index contributed by atoms with van der Waals surface area (Å²) in [7, 11) is 0. The van der Waals surface area contributed by atoms with E-state index in [1.54, 1.807) is 12.4 Å². The van der Waals surface area contributed by atoms with Crippen LogP contribution in [-0.2, 0) is 6.42 Å². The molecule has 0 spiro atoms. The first-order chi connectivity index (χ1) is 13.0. The van der Waals surface area contributed by atoms with Crippen molar-refractivity contribution in [2.45, 2.75) is 51.1 Å². The van der Waals surface area contributed by atoms with Crippen LogP contribution >= 0.6 is 0 Å². The Morgan fingerprint density at radius 3 is 2.74 bits per heavy atom. The Morgan fingerprint density at radius 1 is 1.26 bits per heavy atom. The van der Waals surface area contributed by atoms with Gasteiger partial charge in [-0.05, 0) is 37.0 Å². The second kappa shape index (κ2) is 8.30. The molecule has 1 aliphatic carbocycles. The lowest BCUT2D eigenvalue weighted by molar-refractivity contribution is 0.100. The SMILES string of the molecule is CCc1cncc(Nc2nc(NC3CCCC[C@@H]3N)c(F)cc2C(N)=O)c1. The smallest absolute Gasteiger partial charge is 0.252 e. The zero-order chi connectivity index (χ0) is 19.4. The molecule has 2 atom stereocenters. The van der Waals surface area contributed by atoms with Crippen LogP contribution in [0, 0.1) is 5.82 Å². The third kappa shape index (κ3) is 4.51. The van der Waals surface area contributed by atoms with Crippen LogP contribution in [0.1, 0.15) is 48.5 Å². The molecule has 6 N–H and O–H groups in total. The van der Waals surface area contributed by atoms with E-state index in [0.717, 1.165) is 43.7 Å². The number of hydrogen-bond donors (Lipinski definition) is 4. The number of halogens is 1. The molecule has 27 heavy (non-hydrogen) atoms. The zero-order valence-electron chi connectivity index (χ0n) is 15.3. The minimum absolute atomic E-state index is 0.0205. The van der Waals surface area contributed by atoms with Gasteiger partial charge in [0.05, 0.1) is 17.4 Å². The number of anilines is 3. The van der Waals surface area contributed by atoms with Gasteiger partial charge in [-0.2, -0.15) is 0 Å². The third-order valence-electron chi connectivity index (χ3n) is 4.85. The average molecular weight is 372 g/mol. The largest absolute Gasteiger partial charge is 0.365 e. The Bertz CT molecular complexity index is 828. The average Bonchev–Trinajstić information content (AvgIpc) is 2.66. The second-order valence-corrected chi connectivity index (χ2v) is 6.84. The number of nitrogens with zero attached hydrogens (tertiary/aromatic N) is 2. The maximum atomic E-state index is 14.5. The van der Waals surface area contributed by atoms with Crippen molar-refractivity contribution in [2.24, 2.45) is 11.5 Å². The molecule has 2 aromatic rings. The quantitative estimate of drug-likeness (QED) is 0.619. The Morgan fingerprint density at radius 2 is 2.04 bits per heavy atom. The summed E-state index contributed by atoms with van der Waals surface area (Å²) in [5.74, 6) is -1.15. The highest BCUT2D eigenvalue weighted by molar-refractivity contribution is 5.98. The van der Waals surface area contributed by atoms with Gasteiger partial charge in [0.25, 0.3) is 5.91 Å². The molecule has 1 aliphatic rings. The lowest BCUT2D eigenvalue weighted by atomic mass is 9.91. The van der Waals surface area contributed by atoms with Gasteiger partial charge in [0.1, 0.15) is 5.82 Å². The normalized spacial score (nSPS) is 19.5. The maximum Gasteiger partial charge on any atom is 0.252 e. The number of nitrogens with one attached hydrogen (secondary N) is 2. The molecule has 1 fully saturated rings. The summed E-state index contributed by atoms with van der Waals surface area (Å²) < 4.78 is 14.5. The van der Waals surface area contributed by atoms with E-state index >= 15 is 0 Å². The number of rotatable bonds is 6. The summed E-state index contributed by atoms with van der Waals surface area (Å²) in [5, 5.41) is 6.13. The number of pyridine rings is 2. The van der Waals surface area contributed by atoms with Crippen molar-refractivity contribution in [3.05, 3.63) is 41.5 Å². The molecule has 1 saturated carbocycles. The highest BCUT2D eigenvalue weighted by Gasteiger charge is 2.24. The summed E-state index contributed by atoms with van der Waals surface area (Å²) in [4.78, 5) is 20.2. The van der Waals surface area contributed by atoms with Crippen molar-refractivity contribution in [3.63, 3.8) is 0 Å². The molecular formula is C19H25FN6O. The van der Waals surface area contributed by atoms with Crippen molar-refractivity contribution in [1.29, 1.82) is 0 Å². The first kappa shape index (κ1) is 19.0. The van der Waals surface area contributed by atoms with Crippen molar-refractivity contribution in [3.8, 4) is 0 Å². The van der Waals surface area contributed by atoms with E-state index in [9.17, 15) is 9.18 Å². The van der Waals surface area contributed by atoms with Crippen molar-refractivity contribution < 1.29 is 9.18 Å². The Labute approximate surface area is 157 Å².